The third-order valence-corrected chi connectivity index (χ3v) is 9.42. The summed E-state index contributed by atoms with van der Waals surface area (Å²) in [6, 6.07) is 1.77. The predicted molar refractivity (Wildman–Crippen MR) is 168 cm³/mol. The molecule has 1 aliphatic carbocycles. The molecule has 7 rings (SSSR count). The summed E-state index contributed by atoms with van der Waals surface area (Å²) in [7, 11) is 1.59. The van der Waals surface area contributed by atoms with Gasteiger partial charge in [0.1, 0.15) is 35.6 Å². The maximum absolute atomic E-state index is 12.9. The van der Waals surface area contributed by atoms with Crippen LogP contribution in [-0.2, 0) is 20.7 Å². The van der Waals surface area contributed by atoms with Crippen LogP contribution in [-0.4, -0.2) is 89.2 Å². The lowest BCUT2D eigenvalue weighted by Gasteiger charge is -2.35. The van der Waals surface area contributed by atoms with Crippen LogP contribution in [0.2, 0.25) is 0 Å². The molecule has 242 valence electrons. The third kappa shape index (κ3) is 4.96. The molecule has 3 atom stereocenters. The second kappa shape index (κ2) is 11.5. The lowest BCUT2D eigenvalue weighted by Crippen LogP contribution is -2.53. The fourth-order valence-electron chi connectivity index (χ4n) is 7.06. The van der Waals surface area contributed by atoms with Gasteiger partial charge < -0.3 is 40.0 Å². The molecule has 1 amide bonds. The van der Waals surface area contributed by atoms with Crippen LogP contribution in [0, 0.1) is 5.92 Å². The normalized spacial score (nSPS) is 25.4. The number of rotatable bonds is 8. The van der Waals surface area contributed by atoms with E-state index in [-0.39, 0.29) is 36.6 Å². The van der Waals surface area contributed by atoms with E-state index in [2.05, 4.69) is 20.3 Å². The fourth-order valence-corrected chi connectivity index (χ4v) is 7.06. The summed E-state index contributed by atoms with van der Waals surface area (Å²) < 4.78 is 23.8. The molecule has 0 radical (unpaired) electrons. The highest BCUT2D eigenvalue weighted by atomic mass is 16.6. The summed E-state index contributed by atoms with van der Waals surface area (Å²) in [5.41, 5.74) is 7.14. The first kappa shape index (κ1) is 29.8. The molecule has 5 aliphatic heterocycles. The molecular formula is C32H37N7O7. The number of hydrogen-bond acceptors (Lipinski definition) is 13. The molecule has 1 fully saturated rings. The smallest absolute Gasteiger partial charge is 0.374 e. The zero-order valence-corrected chi connectivity index (χ0v) is 26.0. The highest BCUT2D eigenvalue weighted by Crippen LogP contribution is 2.51. The highest BCUT2D eigenvalue weighted by Gasteiger charge is 2.47. The van der Waals surface area contributed by atoms with Crippen molar-refractivity contribution in [3.8, 4) is 17.2 Å². The zero-order chi connectivity index (χ0) is 32.2. The second-order valence-electron chi connectivity index (χ2n) is 12.1. The number of carbonyl (C=O) groups is 2. The van der Waals surface area contributed by atoms with Crippen LogP contribution in [0.15, 0.2) is 51.4 Å². The van der Waals surface area contributed by atoms with Gasteiger partial charge >= 0.3 is 11.9 Å². The van der Waals surface area contributed by atoms with Gasteiger partial charge in [-0.25, -0.2) is 4.79 Å². The molecule has 4 N–H and O–H groups in total. The molecule has 1 aromatic carbocycles. The first-order chi connectivity index (χ1) is 22.2. The molecule has 14 nitrogen and oxygen atoms in total. The monoisotopic (exact) mass is 631 g/mol. The van der Waals surface area contributed by atoms with E-state index in [1.54, 1.807) is 32.4 Å². The summed E-state index contributed by atoms with van der Waals surface area (Å²) in [6.07, 6.45) is 11.0. The van der Waals surface area contributed by atoms with Gasteiger partial charge in [0.2, 0.25) is 11.7 Å². The Labute approximate surface area is 265 Å². The molecule has 1 unspecified atom stereocenters. The van der Waals surface area contributed by atoms with Crippen LogP contribution in [0.3, 0.4) is 0 Å². The molecule has 0 aromatic heterocycles. The minimum Gasteiger partial charge on any atom is -0.496 e. The summed E-state index contributed by atoms with van der Waals surface area (Å²) in [5.74, 6) is 0.839. The van der Waals surface area contributed by atoms with E-state index < -0.39 is 29.9 Å². The van der Waals surface area contributed by atoms with Crippen LogP contribution in [0.4, 0.5) is 0 Å². The van der Waals surface area contributed by atoms with E-state index in [1.165, 1.54) is 0 Å². The molecule has 5 heterocycles. The van der Waals surface area contributed by atoms with Gasteiger partial charge in [0, 0.05) is 37.0 Å². The Balaban J connectivity index is 1.21. The second-order valence-corrected chi connectivity index (χ2v) is 12.1. The van der Waals surface area contributed by atoms with Crippen molar-refractivity contribution in [1.82, 2.24) is 15.1 Å². The number of aliphatic imine (C=N–C) groups is 3. The number of aliphatic hydroxyl groups is 1. The van der Waals surface area contributed by atoms with E-state index in [1.807, 2.05) is 29.0 Å². The number of carbonyl (C=O) groups excluding carboxylic acids is 2. The zero-order valence-electron chi connectivity index (χ0n) is 26.0. The molecule has 6 aliphatic rings. The van der Waals surface area contributed by atoms with Crippen molar-refractivity contribution in [2.45, 2.75) is 63.9 Å². The van der Waals surface area contributed by atoms with Gasteiger partial charge in [-0.15, -0.1) is 0 Å². The lowest BCUT2D eigenvalue weighted by atomic mass is 9.81. The maximum atomic E-state index is 12.9. The molecule has 0 saturated heterocycles. The first-order valence-corrected chi connectivity index (χ1v) is 15.6. The maximum Gasteiger partial charge on any atom is 0.374 e. The average Bonchev–Trinajstić information content (AvgIpc) is 3.85. The van der Waals surface area contributed by atoms with E-state index in [9.17, 15) is 14.7 Å². The number of ether oxygens (including phenoxy) is 4. The van der Waals surface area contributed by atoms with Crippen molar-refractivity contribution in [1.29, 1.82) is 0 Å². The van der Waals surface area contributed by atoms with Crippen molar-refractivity contribution in [2.75, 3.05) is 26.9 Å². The van der Waals surface area contributed by atoms with Crippen LogP contribution in [0.25, 0.3) is 5.57 Å². The number of amides is 1. The number of nitrogens with two attached hydrogens (primary N) is 1. The molecule has 0 bridgehead atoms. The first-order valence-electron chi connectivity index (χ1n) is 15.6. The van der Waals surface area contributed by atoms with E-state index >= 15 is 0 Å². The number of nitrogens with zero attached hydrogens (tertiary/aromatic N) is 5. The van der Waals surface area contributed by atoms with Crippen LogP contribution >= 0.6 is 0 Å². The molecule has 1 saturated carbocycles. The summed E-state index contributed by atoms with van der Waals surface area (Å²) in [5, 5.41) is 14.9. The molecule has 0 spiro atoms. The molecule has 46 heavy (non-hydrogen) atoms. The summed E-state index contributed by atoms with van der Waals surface area (Å²) in [6.45, 7) is 4.36. The van der Waals surface area contributed by atoms with Gasteiger partial charge in [0.05, 0.1) is 19.3 Å². The molecule has 14 heteroatoms. The SMILES string of the molecule is CCOC(=O)C1=C/C(=C\CN2C=CNC2N2CN=C3C(=O)N=C(N)N=C32)c2c(cc3c(c2OC)C[C@@H]([C@@](C)(O)C2CCCC2)O3)O1. The minimum atomic E-state index is -1.01. The lowest BCUT2D eigenvalue weighted by molar-refractivity contribution is -0.141. The Morgan fingerprint density at radius 3 is 2.85 bits per heavy atom. The fraction of sp³-hybridized carbons (Fsp3) is 0.469. The number of guanidine groups is 1. The number of allylic oxidation sites excluding steroid dienone is 2. The number of nitrogens with one attached hydrogen (secondary N) is 1. The third-order valence-electron chi connectivity index (χ3n) is 9.42. The Bertz CT molecular complexity index is 1670. The van der Waals surface area contributed by atoms with E-state index in [0.717, 1.165) is 31.2 Å². The average molecular weight is 632 g/mol. The Hall–Kier alpha value is -4.85. The van der Waals surface area contributed by atoms with Gasteiger partial charge in [0.25, 0.3) is 0 Å². The van der Waals surface area contributed by atoms with Gasteiger partial charge in [-0.05, 0) is 44.3 Å². The van der Waals surface area contributed by atoms with Gasteiger partial charge in [0.15, 0.2) is 17.8 Å². The van der Waals surface area contributed by atoms with Gasteiger partial charge in [-0.3, -0.25) is 14.7 Å². The Morgan fingerprint density at radius 1 is 1.28 bits per heavy atom. The van der Waals surface area contributed by atoms with Crippen molar-refractivity contribution in [3.63, 3.8) is 0 Å². The van der Waals surface area contributed by atoms with Gasteiger partial charge in [-0.2, -0.15) is 9.98 Å². The Morgan fingerprint density at radius 2 is 2.09 bits per heavy atom. The number of methoxy groups -OCH3 is 1. The van der Waals surface area contributed by atoms with Crippen molar-refractivity contribution >= 4 is 35.0 Å². The summed E-state index contributed by atoms with van der Waals surface area (Å²) in [4.78, 5) is 41.3. The van der Waals surface area contributed by atoms with Crippen molar-refractivity contribution in [2.24, 2.45) is 26.6 Å². The number of fused-ring (bicyclic) bond motifs is 3. The van der Waals surface area contributed by atoms with Crippen LogP contribution in [0.1, 0.15) is 50.7 Å². The topological polar surface area (TPSA) is 173 Å². The van der Waals surface area contributed by atoms with Crippen molar-refractivity contribution < 1.29 is 33.6 Å². The molecule has 1 aromatic rings. The van der Waals surface area contributed by atoms with Crippen LogP contribution in [0.5, 0.6) is 17.2 Å². The van der Waals surface area contributed by atoms with E-state index in [0.29, 0.717) is 47.2 Å². The number of amidine groups is 1. The summed E-state index contributed by atoms with van der Waals surface area (Å²) >= 11 is 0. The van der Waals surface area contributed by atoms with Crippen molar-refractivity contribution in [3.05, 3.63) is 47.5 Å². The highest BCUT2D eigenvalue weighted by molar-refractivity contribution is 6.69. The number of benzene rings is 1. The predicted octanol–water partition coefficient (Wildman–Crippen LogP) is 1.79. The Kier molecular flexibility index (Phi) is 7.46. The number of hydrogen-bond donors (Lipinski definition) is 3. The number of esters is 1. The largest absolute Gasteiger partial charge is 0.496 e. The van der Waals surface area contributed by atoms with Crippen LogP contribution < -0.4 is 25.3 Å². The minimum absolute atomic E-state index is 0.0316. The molecular weight excluding hydrogens is 594 g/mol. The quantitative estimate of drug-likeness (QED) is 0.357. The standard InChI is InChI=1S/C32H37N7O7/c1-4-44-29(41)22-13-17(9-11-38-12-10-34-31(38)39-16-35-25-27(39)36-30(33)37-28(25)40)24-21(45-22)15-20-19(26(24)43-3)14-23(46-20)32(2,42)18-7-5-6-8-18/h9-10,12-13,15,18,23,31,34,42H,4-8,11,14,16H2,1-3H3,(H2,33,37,40)/b17-9+/t23-,31?,32-/m0/s1. The van der Waals surface area contributed by atoms with Gasteiger partial charge in [-0.1, -0.05) is 18.9 Å². The van der Waals surface area contributed by atoms with E-state index in [4.69, 9.17) is 24.7 Å².